The second-order valence-electron chi connectivity index (χ2n) is 7.60. The van der Waals surface area contributed by atoms with E-state index in [0.29, 0.717) is 34.9 Å². The molecule has 2 heterocycles. The Kier molecular flexibility index (Phi) is 5.03. The number of carbonyl (C=O) groups is 2. The van der Waals surface area contributed by atoms with E-state index in [-0.39, 0.29) is 11.8 Å². The molecule has 154 valence electrons. The first-order valence-electron chi connectivity index (χ1n) is 9.84. The van der Waals surface area contributed by atoms with Crippen molar-refractivity contribution in [2.45, 2.75) is 40.3 Å². The third-order valence-electron chi connectivity index (χ3n) is 5.23. The molecular formula is C23H24N4O3. The van der Waals surface area contributed by atoms with Gasteiger partial charge >= 0.3 is 0 Å². The molecule has 0 aliphatic carbocycles. The Morgan fingerprint density at radius 1 is 1.17 bits per heavy atom. The molecule has 1 aromatic heterocycles. The normalized spacial score (nSPS) is 15.2. The summed E-state index contributed by atoms with van der Waals surface area (Å²) in [4.78, 5) is 24.8. The van der Waals surface area contributed by atoms with Gasteiger partial charge in [-0.1, -0.05) is 29.8 Å². The molecule has 30 heavy (non-hydrogen) atoms. The fraction of sp³-hybridized carbons (Fsp3) is 0.261. The molecule has 1 aliphatic heterocycles. The minimum absolute atomic E-state index is 0.213. The predicted octanol–water partition coefficient (Wildman–Crippen LogP) is 3.83. The zero-order valence-electron chi connectivity index (χ0n) is 17.4. The highest BCUT2D eigenvalue weighted by atomic mass is 16.5. The first-order valence-corrected chi connectivity index (χ1v) is 9.84. The molecule has 7 nitrogen and oxygen atoms in total. The van der Waals surface area contributed by atoms with Crippen LogP contribution in [0.15, 0.2) is 42.5 Å². The van der Waals surface area contributed by atoms with E-state index < -0.39 is 6.10 Å². The van der Waals surface area contributed by atoms with Crippen molar-refractivity contribution in [1.82, 2.24) is 9.78 Å². The van der Waals surface area contributed by atoms with Gasteiger partial charge in [0.05, 0.1) is 23.5 Å². The Labute approximate surface area is 175 Å². The predicted molar refractivity (Wildman–Crippen MR) is 115 cm³/mol. The SMILES string of the molecule is Cc1ccc(Cn2nc(C)c(C(=O)Nc3ccc4c(c3)NC(=O)[C@H](C)O4)c2C)cc1. The van der Waals surface area contributed by atoms with Crippen molar-refractivity contribution in [3.05, 3.63) is 70.5 Å². The van der Waals surface area contributed by atoms with Gasteiger partial charge in [-0.2, -0.15) is 5.10 Å². The van der Waals surface area contributed by atoms with Gasteiger partial charge in [0.15, 0.2) is 6.10 Å². The largest absolute Gasteiger partial charge is 0.479 e. The number of amides is 2. The van der Waals surface area contributed by atoms with E-state index in [1.807, 2.05) is 25.5 Å². The van der Waals surface area contributed by atoms with Crippen LogP contribution < -0.4 is 15.4 Å². The number of ether oxygens (including phenoxy) is 1. The van der Waals surface area contributed by atoms with Gasteiger partial charge in [0, 0.05) is 11.4 Å². The van der Waals surface area contributed by atoms with Gasteiger partial charge < -0.3 is 15.4 Å². The maximum absolute atomic E-state index is 13.0. The molecule has 0 saturated carbocycles. The number of aromatic nitrogens is 2. The Morgan fingerprint density at radius 3 is 2.63 bits per heavy atom. The lowest BCUT2D eigenvalue weighted by Crippen LogP contribution is -2.34. The smallest absolute Gasteiger partial charge is 0.265 e. The van der Waals surface area contributed by atoms with Crippen LogP contribution in [0, 0.1) is 20.8 Å². The standard InChI is InChI=1S/C23H24N4O3/c1-13-5-7-17(8-6-13)12-27-15(3)21(14(2)26-27)23(29)24-18-9-10-20-19(11-18)25-22(28)16(4)30-20/h5-11,16H,12H2,1-4H3,(H,24,29)(H,25,28)/t16-/m0/s1. The van der Waals surface area contributed by atoms with E-state index in [1.165, 1.54) is 5.56 Å². The molecule has 2 aromatic carbocycles. The fourth-order valence-electron chi connectivity index (χ4n) is 3.53. The van der Waals surface area contributed by atoms with Gasteiger partial charge in [0.25, 0.3) is 11.8 Å². The zero-order chi connectivity index (χ0) is 21.4. The third-order valence-corrected chi connectivity index (χ3v) is 5.23. The van der Waals surface area contributed by atoms with E-state index in [9.17, 15) is 9.59 Å². The van der Waals surface area contributed by atoms with Gasteiger partial charge in [0.2, 0.25) is 0 Å². The van der Waals surface area contributed by atoms with Crippen LogP contribution in [-0.2, 0) is 11.3 Å². The van der Waals surface area contributed by atoms with Crippen LogP contribution in [0.5, 0.6) is 5.75 Å². The summed E-state index contributed by atoms with van der Waals surface area (Å²) in [5.74, 6) is 0.130. The summed E-state index contributed by atoms with van der Waals surface area (Å²) < 4.78 is 7.40. The molecule has 0 radical (unpaired) electrons. The Morgan fingerprint density at radius 2 is 1.90 bits per heavy atom. The van der Waals surface area contributed by atoms with Gasteiger partial charge in [-0.25, -0.2) is 0 Å². The number of aryl methyl sites for hydroxylation is 2. The number of anilines is 2. The number of fused-ring (bicyclic) bond motifs is 1. The topological polar surface area (TPSA) is 85.3 Å². The monoisotopic (exact) mass is 404 g/mol. The van der Waals surface area contributed by atoms with Crippen LogP contribution in [0.4, 0.5) is 11.4 Å². The summed E-state index contributed by atoms with van der Waals surface area (Å²) in [6.07, 6.45) is -0.539. The minimum atomic E-state index is -0.539. The molecule has 0 unspecified atom stereocenters. The second kappa shape index (κ2) is 7.67. The molecule has 7 heteroatoms. The lowest BCUT2D eigenvalue weighted by atomic mass is 10.1. The van der Waals surface area contributed by atoms with E-state index in [4.69, 9.17) is 4.74 Å². The molecular weight excluding hydrogens is 380 g/mol. The minimum Gasteiger partial charge on any atom is -0.479 e. The van der Waals surface area contributed by atoms with E-state index in [1.54, 1.807) is 25.1 Å². The highest BCUT2D eigenvalue weighted by Gasteiger charge is 2.24. The molecule has 0 spiro atoms. The van der Waals surface area contributed by atoms with Crippen LogP contribution in [0.3, 0.4) is 0 Å². The molecule has 1 aliphatic rings. The Balaban J connectivity index is 1.54. The molecule has 4 rings (SSSR count). The highest BCUT2D eigenvalue weighted by Crippen LogP contribution is 2.32. The molecule has 1 atom stereocenters. The molecule has 0 bridgehead atoms. The first kappa shape index (κ1) is 19.7. The van der Waals surface area contributed by atoms with E-state index >= 15 is 0 Å². The average molecular weight is 404 g/mol. The fourth-order valence-corrected chi connectivity index (χ4v) is 3.53. The summed E-state index contributed by atoms with van der Waals surface area (Å²) in [5.41, 5.74) is 5.45. The molecule has 2 amide bonds. The first-order chi connectivity index (χ1) is 14.3. The summed E-state index contributed by atoms with van der Waals surface area (Å²) in [6.45, 7) is 8.06. The summed E-state index contributed by atoms with van der Waals surface area (Å²) in [5, 5.41) is 10.2. The second-order valence-corrected chi connectivity index (χ2v) is 7.60. The quantitative estimate of drug-likeness (QED) is 0.692. The van der Waals surface area contributed by atoms with Gasteiger partial charge in [-0.05, 0) is 51.5 Å². The third kappa shape index (κ3) is 3.78. The van der Waals surface area contributed by atoms with Crippen molar-refractivity contribution in [1.29, 1.82) is 0 Å². The molecule has 2 N–H and O–H groups in total. The number of benzene rings is 2. The van der Waals surface area contributed by atoms with Crippen molar-refractivity contribution in [3.8, 4) is 5.75 Å². The lowest BCUT2D eigenvalue weighted by molar-refractivity contribution is -0.122. The zero-order valence-corrected chi connectivity index (χ0v) is 17.4. The van der Waals surface area contributed by atoms with Crippen molar-refractivity contribution in [2.24, 2.45) is 0 Å². The number of nitrogens with one attached hydrogen (secondary N) is 2. The van der Waals surface area contributed by atoms with E-state index in [2.05, 4.69) is 40.0 Å². The summed E-state index contributed by atoms with van der Waals surface area (Å²) in [7, 11) is 0. The van der Waals surface area contributed by atoms with Crippen molar-refractivity contribution >= 4 is 23.2 Å². The van der Waals surface area contributed by atoms with Gasteiger partial charge in [0.1, 0.15) is 5.75 Å². The number of hydrogen-bond acceptors (Lipinski definition) is 4. The summed E-state index contributed by atoms with van der Waals surface area (Å²) >= 11 is 0. The summed E-state index contributed by atoms with van der Waals surface area (Å²) in [6, 6.07) is 13.4. The molecule has 0 fully saturated rings. The maximum atomic E-state index is 13.0. The number of carbonyl (C=O) groups excluding carboxylic acids is 2. The number of hydrogen-bond donors (Lipinski definition) is 2. The highest BCUT2D eigenvalue weighted by molar-refractivity contribution is 6.06. The Bertz CT molecular complexity index is 1130. The lowest BCUT2D eigenvalue weighted by Gasteiger charge is -2.23. The molecule has 0 saturated heterocycles. The average Bonchev–Trinajstić information content (AvgIpc) is 2.98. The molecule has 3 aromatic rings. The Hall–Kier alpha value is -3.61. The van der Waals surface area contributed by atoms with Crippen LogP contribution in [-0.4, -0.2) is 27.7 Å². The number of rotatable bonds is 4. The number of nitrogens with zero attached hydrogens (tertiary/aromatic N) is 2. The maximum Gasteiger partial charge on any atom is 0.265 e. The van der Waals surface area contributed by atoms with Crippen LogP contribution in [0.1, 0.15) is 39.8 Å². The van der Waals surface area contributed by atoms with Crippen molar-refractivity contribution < 1.29 is 14.3 Å². The van der Waals surface area contributed by atoms with E-state index in [0.717, 1.165) is 11.3 Å². The van der Waals surface area contributed by atoms with Crippen molar-refractivity contribution in [2.75, 3.05) is 10.6 Å². The van der Waals surface area contributed by atoms with Crippen LogP contribution in [0.2, 0.25) is 0 Å². The van der Waals surface area contributed by atoms with Crippen LogP contribution >= 0.6 is 0 Å². The van der Waals surface area contributed by atoms with Gasteiger partial charge in [-0.3, -0.25) is 14.3 Å². The van der Waals surface area contributed by atoms with Crippen molar-refractivity contribution in [3.63, 3.8) is 0 Å². The van der Waals surface area contributed by atoms with Crippen LogP contribution in [0.25, 0.3) is 0 Å². The van der Waals surface area contributed by atoms with Gasteiger partial charge in [-0.15, -0.1) is 0 Å².